The van der Waals surface area contributed by atoms with Crippen LogP contribution < -0.4 is 5.32 Å². The molecule has 3 rings (SSSR count). The van der Waals surface area contributed by atoms with E-state index in [1.807, 2.05) is 29.0 Å². The van der Waals surface area contributed by atoms with E-state index >= 15 is 0 Å². The van der Waals surface area contributed by atoms with Crippen LogP contribution in [-0.2, 0) is 27.3 Å². The standard InChI is InChI=1S/C14H14N2O3/c1-2-19-13(18)8-16-7-9-6-12(17)15-10-4-3-5-11(16)14(9)10/h3-5,7H,2,6,8H2,1H3,(H,15,17). The third-order valence-electron chi connectivity index (χ3n) is 3.21. The molecule has 1 aromatic carbocycles. The van der Waals surface area contributed by atoms with Gasteiger partial charge in [0, 0.05) is 11.6 Å². The number of rotatable bonds is 3. The Morgan fingerprint density at radius 1 is 1.47 bits per heavy atom. The van der Waals surface area contributed by atoms with Gasteiger partial charge in [0.25, 0.3) is 0 Å². The second kappa shape index (κ2) is 4.42. The van der Waals surface area contributed by atoms with Crippen LogP contribution in [0.2, 0.25) is 0 Å². The van der Waals surface area contributed by atoms with Crippen molar-refractivity contribution in [2.75, 3.05) is 11.9 Å². The molecule has 19 heavy (non-hydrogen) atoms. The SMILES string of the molecule is CCOC(=O)Cn1cc2c3c(cccc31)NC(=O)C2. The molecule has 5 nitrogen and oxygen atoms in total. The maximum atomic E-state index is 11.6. The lowest BCUT2D eigenvalue weighted by atomic mass is 10.0. The fourth-order valence-electron chi connectivity index (χ4n) is 2.52. The first-order valence-electron chi connectivity index (χ1n) is 6.25. The van der Waals surface area contributed by atoms with Crippen molar-refractivity contribution >= 4 is 28.5 Å². The number of nitrogens with one attached hydrogen (secondary N) is 1. The second-order valence-corrected chi connectivity index (χ2v) is 4.51. The summed E-state index contributed by atoms with van der Waals surface area (Å²) in [6.45, 7) is 2.32. The molecule has 5 heteroatoms. The largest absolute Gasteiger partial charge is 0.465 e. The fourth-order valence-corrected chi connectivity index (χ4v) is 2.52. The Bertz CT molecular complexity index is 673. The Morgan fingerprint density at radius 2 is 2.32 bits per heavy atom. The van der Waals surface area contributed by atoms with Crippen molar-refractivity contribution in [3.63, 3.8) is 0 Å². The normalized spacial score (nSPS) is 13.4. The van der Waals surface area contributed by atoms with Gasteiger partial charge < -0.3 is 14.6 Å². The van der Waals surface area contributed by atoms with Gasteiger partial charge in [0.05, 0.1) is 24.2 Å². The Labute approximate surface area is 110 Å². The van der Waals surface area contributed by atoms with E-state index < -0.39 is 0 Å². The van der Waals surface area contributed by atoms with Gasteiger partial charge in [-0.05, 0) is 24.6 Å². The molecule has 0 spiro atoms. The van der Waals surface area contributed by atoms with Crippen molar-refractivity contribution in [1.29, 1.82) is 0 Å². The molecule has 0 fully saturated rings. The third kappa shape index (κ3) is 1.97. The number of esters is 1. The first-order chi connectivity index (χ1) is 9.19. The Balaban J connectivity index is 2.06. The topological polar surface area (TPSA) is 60.3 Å². The highest BCUT2D eigenvalue weighted by molar-refractivity contribution is 6.09. The van der Waals surface area contributed by atoms with Crippen molar-refractivity contribution in [3.05, 3.63) is 30.0 Å². The van der Waals surface area contributed by atoms with Gasteiger partial charge in [-0.2, -0.15) is 0 Å². The molecule has 0 atom stereocenters. The van der Waals surface area contributed by atoms with Crippen LogP contribution in [-0.4, -0.2) is 23.1 Å². The van der Waals surface area contributed by atoms with E-state index in [1.54, 1.807) is 6.92 Å². The Morgan fingerprint density at radius 3 is 3.11 bits per heavy atom. The summed E-state index contributed by atoms with van der Waals surface area (Å²) in [6, 6.07) is 5.69. The molecule has 0 saturated carbocycles. The molecule has 0 unspecified atom stereocenters. The summed E-state index contributed by atoms with van der Waals surface area (Å²) in [5, 5.41) is 3.87. The van der Waals surface area contributed by atoms with E-state index in [1.165, 1.54) is 0 Å². The minimum absolute atomic E-state index is 0.0196. The number of anilines is 1. The number of ether oxygens (including phenoxy) is 1. The van der Waals surface area contributed by atoms with Crippen LogP contribution in [0.4, 0.5) is 5.69 Å². The molecule has 98 valence electrons. The number of carbonyl (C=O) groups is 2. The van der Waals surface area contributed by atoms with E-state index in [-0.39, 0.29) is 18.4 Å². The quantitative estimate of drug-likeness (QED) is 0.852. The number of carbonyl (C=O) groups excluding carboxylic acids is 2. The van der Waals surface area contributed by atoms with Gasteiger partial charge in [0.15, 0.2) is 0 Å². The number of benzene rings is 1. The lowest BCUT2D eigenvalue weighted by Gasteiger charge is -2.13. The van der Waals surface area contributed by atoms with Crippen LogP contribution in [0, 0.1) is 0 Å². The molecule has 0 radical (unpaired) electrons. The zero-order valence-corrected chi connectivity index (χ0v) is 10.6. The van der Waals surface area contributed by atoms with Crippen molar-refractivity contribution in [1.82, 2.24) is 4.57 Å². The van der Waals surface area contributed by atoms with Crippen LogP contribution in [0.3, 0.4) is 0 Å². The Kier molecular flexibility index (Phi) is 2.74. The molecule has 1 N–H and O–H groups in total. The summed E-state index contributed by atoms with van der Waals surface area (Å²) in [5.41, 5.74) is 2.71. The summed E-state index contributed by atoms with van der Waals surface area (Å²) in [6.07, 6.45) is 2.22. The lowest BCUT2D eigenvalue weighted by Crippen LogP contribution is -2.18. The van der Waals surface area contributed by atoms with Gasteiger partial charge in [0.2, 0.25) is 5.91 Å². The molecule has 1 amide bonds. The number of hydrogen-bond acceptors (Lipinski definition) is 3. The molecule has 0 bridgehead atoms. The molecule has 1 aliphatic rings. The number of amides is 1. The average Bonchev–Trinajstić information content (AvgIpc) is 2.69. The first kappa shape index (κ1) is 11.8. The summed E-state index contributed by atoms with van der Waals surface area (Å²) < 4.78 is 6.80. The fraction of sp³-hybridized carbons (Fsp3) is 0.286. The maximum Gasteiger partial charge on any atom is 0.325 e. The van der Waals surface area contributed by atoms with E-state index in [9.17, 15) is 9.59 Å². The number of nitrogens with zero attached hydrogens (tertiary/aromatic N) is 1. The zero-order chi connectivity index (χ0) is 13.4. The van der Waals surface area contributed by atoms with E-state index in [2.05, 4.69) is 5.32 Å². The van der Waals surface area contributed by atoms with Crippen LogP contribution in [0.1, 0.15) is 12.5 Å². The predicted octanol–water partition coefficient (Wildman–Crippen LogP) is 1.70. The Hall–Kier alpha value is -2.30. The van der Waals surface area contributed by atoms with Gasteiger partial charge in [0.1, 0.15) is 6.54 Å². The van der Waals surface area contributed by atoms with Crippen molar-refractivity contribution in [2.45, 2.75) is 19.9 Å². The van der Waals surface area contributed by atoms with Crippen molar-refractivity contribution in [3.8, 4) is 0 Å². The summed E-state index contributed by atoms with van der Waals surface area (Å²) >= 11 is 0. The zero-order valence-electron chi connectivity index (χ0n) is 10.6. The van der Waals surface area contributed by atoms with Gasteiger partial charge >= 0.3 is 5.97 Å². The smallest absolute Gasteiger partial charge is 0.325 e. The van der Waals surface area contributed by atoms with E-state index in [4.69, 9.17) is 4.74 Å². The molecule has 1 aliphatic heterocycles. The van der Waals surface area contributed by atoms with Crippen LogP contribution >= 0.6 is 0 Å². The van der Waals surface area contributed by atoms with Crippen LogP contribution in [0.25, 0.3) is 10.9 Å². The van der Waals surface area contributed by atoms with Gasteiger partial charge in [-0.1, -0.05) is 6.07 Å². The maximum absolute atomic E-state index is 11.6. The first-order valence-corrected chi connectivity index (χ1v) is 6.25. The van der Waals surface area contributed by atoms with Gasteiger partial charge in [-0.15, -0.1) is 0 Å². The lowest BCUT2D eigenvalue weighted by molar-refractivity contribution is -0.143. The van der Waals surface area contributed by atoms with Crippen LogP contribution in [0.15, 0.2) is 24.4 Å². The monoisotopic (exact) mass is 258 g/mol. The van der Waals surface area contributed by atoms with Crippen LogP contribution in [0.5, 0.6) is 0 Å². The number of hydrogen-bond donors (Lipinski definition) is 1. The molecule has 1 aromatic heterocycles. The predicted molar refractivity (Wildman–Crippen MR) is 70.9 cm³/mol. The molecular weight excluding hydrogens is 244 g/mol. The number of aromatic nitrogens is 1. The van der Waals surface area contributed by atoms with Crippen molar-refractivity contribution in [2.24, 2.45) is 0 Å². The van der Waals surface area contributed by atoms with Crippen molar-refractivity contribution < 1.29 is 14.3 Å². The highest BCUT2D eigenvalue weighted by Crippen LogP contribution is 2.32. The minimum Gasteiger partial charge on any atom is -0.465 e. The molecule has 0 saturated heterocycles. The van der Waals surface area contributed by atoms with E-state index in [0.717, 1.165) is 22.2 Å². The minimum atomic E-state index is -0.269. The highest BCUT2D eigenvalue weighted by atomic mass is 16.5. The van der Waals surface area contributed by atoms with Gasteiger partial charge in [-0.25, -0.2) is 0 Å². The molecular formula is C14H14N2O3. The van der Waals surface area contributed by atoms with E-state index in [0.29, 0.717) is 13.0 Å². The molecule has 0 aliphatic carbocycles. The summed E-state index contributed by atoms with van der Waals surface area (Å²) in [7, 11) is 0. The van der Waals surface area contributed by atoms with Gasteiger partial charge in [-0.3, -0.25) is 9.59 Å². The molecule has 2 heterocycles. The highest BCUT2D eigenvalue weighted by Gasteiger charge is 2.21. The summed E-state index contributed by atoms with van der Waals surface area (Å²) in [5.74, 6) is -0.288. The second-order valence-electron chi connectivity index (χ2n) is 4.51. The summed E-state index contributed by atoms with van der Waals surface area (Å²) in [4.78, 5) is 23.2. The molecule has 2 aromatic rings. The third-order valence-corrected chi connectivity index (χ3v) is 3.21. The average molecular weight is 258 g/mol.